The number of aromatic amines is 1. The molecule has 0 atom stereocenters. The van der Waals surface area contributed by atoms with Crippen molar-refractivity contribution in [3.05, 3.63) is 54.4 Å². The van der Waals surface area contributed by atoms with Crippen LogP contribution in [0.2, 0.25) is 0 Å². The highest BCUT2D eigenvalue weighted by Crippen LogP contribution is 2.22. The molecule has 1 aliphatic rings. The number of nitrogens with zero attached hydrogens (tertiary/aromatic N) is 2. The lowest BCUT2D eigenvalue weighted by Crippen LogP contribution is -2.40. The summed E-state index contributed by atoms with van der Waals surface area (Å²) < 4.78 is 34.1. The van der Waals surface area contributed by atoms with Gasteiger partial charge in [0.1, 0.15) is 6.20 Å². The van der Waals surface area contributed by atoms with Crippen LogP contribution in [-0.2, 0) is 14.8 Å². The first-order valence-electron chi connectivity index (χ1n) is 8.23. The van der Waals surface area contributed by atoms with Gasteiger partial charge in [0.2, 0.25) is 10.0 Å². The summed E-state index contributed by atoms with van der Waals surface area (Å²) in [5.41, 5.74) is 4.06. The van der Waals surface area contributed by atoms with Gasteiger partial charge in [-0.25, -0.2) is 17.8 Å². The summed E-state index contributed by atoms with van der Waals surface area (Å²) >= 11 is 0. The second-order valence-corrected chi connectivity index (χ2v) is 8.15. The average molecular weight is 358 g/mol. The highest BCUT2D eigenvalue weighted by molar-refractivity contribution is 7.89. The number of H-pyrrole nitrogens is 1. The number of imidazole rings is 1. The third-order valence-electron chi connectivity index (χ3n) is 4.43. The van der Waals surface area contributed by atoms with Crippen LogP contribution in [0.5, 0.6) is 0 Å². The van der Waals surface area contributed by atoms with Crippen molar-refractivity contribution in [2.45, 2.75) is 11.8 Å². The average Bonchev–Trinajstić information content (AvgIpc) is 3.06. The van der Waals surface area contributed by atoms with Gasteiger partial charge >= 0.3 is 0 Å². The first kappa shape index (κ1) is 16.3. The fraction of sp³-hybridized carbons (Fsp3) is 0.278. The van der Waals surface area contributed by atoms with Gasteiger partial charge in [-0.15, -0.1) is 0 Å². The highest BCUT2D eigenvalue weighted by Gasteiger charge is 2.26. The Hall–Kier alpha value is -2.22. The third-order valence-corrected chi connectivity index (χ3v) is 6.34. The van der Waals surface area contributed by atoms with Crippen LogP contribution < -0.4 is 4.40 Å². The minimum Gasteiger partial charge on any atom is -0.379 e. The SMILES string of the molecule is Cc1ccc2[nH]c(-c3ccc(S(=O)(=O)N4CCOCC4)cc3)c[n+]2c1. The van der Waals surface area contributed by atoms with Gasteiger partial charge in [0.25, 0.3) is 5.65 Å². The number of fused-ring (bicyclic) bond motifs is 1. The molecule has 0 aliphatic carbocycles. The van der Waals surface area contributed by atoms with Crippen molar-refractivity contribution in [1.29, 1.82) is 0 Å². The Kier molecular flexibility index (Phi) is 4.07. The topological polar surface area (TPSA) is 66.5 Å². The molecule has 1 aromatic carbocycles. The molecule has 6 nitrogen and oxygen atoms in total. The fourth-order valence-corrected chi connectivity index (χ4v) is 4.45. The predicted octanol–water partition coefficient (Wildman–Crippen LogP) is 1.75. The van der Waals surface area contributed by atoms with E-state index in [0.717, 1.165) is 16.9 Å². The lowest BCUT2D eigenvalue weighted by Gasteiger charge is -2.26. The summed E-state index contributed by atoms with van der Waals surface area (Å²) in [6.07, 6.45) is 4.06. The molecular weight excluding hydrogens is 338 g/mol. The molecule has 1 saturated heterocycles. The molecule has 1 N–H and O–H groups in total. The number of aryl methyl sites for hydroxylation is 1. The molecule has 3 heterocycles. The fourth-order valence-electron chi connectivity index (χ4n) is 3.04. The van der Waals surface area contributed by atoms with Gasteiger partial charge in [0.15, 0.2) is 5.69 Å². The van der Waals surface area contributed by atoms with Crippen molar-refractivity contribution in [2.75, 3.05) is 26.3 Å². The number of hydrogen-bond donors (Lipinski definition) is 1. The van der Waals surface area contributed by atoms with E-state index < -0.39 is 10.0 Å². The standard InChI is InChI=1S/C18H19N3O3S/c1-14-2-7-18-19-17(13-20(18)12-14)15-3-5-16(6-4-15)25(22,23)21-8-10-24-11-9-21/h2-7,12-13H,8-11H2,1H3/p+1. The number of sulfonamides is 1. The highest BCUT2D eigenvalue weighted by atomic mass is 32.2. The van der Waals surface area contributed by atoms with Crippen LogP contribution in [0.15, 0.2) is 53.7 Å². The number of nitrogens with one attached hydrogen (secondary N) is 1. The number of benzene rings is 1. The minimum atomic E-state index is -3.45. The first-order valence-corrected chi connectivity index (χ1v) is 9.67. The van der Waals surface area contributed by atoms with E-state index in [1.165, 1.54) is 9.87 Å². The lowest BCUT2D eigenvalue weighted by molar-refractivity contribution is -0.510. The number of morpholine rings is 1. The summed E-state index contributed by atoms with van der Waals surface area (Å²) in [6, 6.07) is 11.1. The van der Waals surface area contributed by atoms with Crippen LogP contribution in [0.25, 0.3) is 16.9 Å². The van der Waals surface area contributed by atoms with E-state index in [9.17, 15) is 8.42 Å². The Balaban J connectivity index is 1.64. The Morgan fingerprint density at radius 2 is 1.76 bits per heavy atom. The van der Waals surface area contributed by atoms with Crippen molar-refractivity contribution in [3.63, 3.8) is 0 Å². The molecule has 25 heavy (non-hydrogen) atoms. The molecule has 0 bridgehead atoms. The van der Waals surface area contributed by atoms with Crippen LogP contribution in [0.1, 0.15) is 5.56 Å². The molecular formula is C18H20N3O3S+. The number of rotatable bonds is 3. The van der Waals surface area contributed by atoms with Gasteiger partial charge in [0.05, 0.1) is 24.3 Å². The molecule has 0 unspecified atom stereocenters. The van der Waals surface area contributed by atoms with Gasteiger partial charge in [0, 0.05) is 24.7 Å². The van der Waals surface area contributed by atoms with Gasteiger partial charge in [-0.1, -0.05) is 0 Å². The molecule has 1 aliphatic heterocycles. The minimum absolute atomic E-state index is 0.317. The Morgan fingerprint density at radius 3 is 2.48 bits per heavy atom. The Morgan fingerprint density at radius 1 is 1.04 bits per heavy atom. The van der Waals surface area contributed by atoms with E-state index in [1.54, 1.807) is 12.1 Å². The van der Waals surface area contributed by atoms with Gasteiger partial charge < -0.3 is 4.74 Å². The molecule has 0 spiro atoms. The molecule has 4 rings (SSSR count). The van der Waals surface area contributed by atoms with Crippen molar-refractivity contribution in [3.8, 4) is 11.3 Å². The number of pyridine rings is 1. The largest absolute Gasteiger partial charge is 0.379 e. The van der Waals surface area contributed by atoms with E-state index >= 15 is 0 Å². The maximum Gasteiger partial charge on any atom is 0.284 e. The Labute approximate surface area is 146 Å². The summed E-state index contributed by atoms with van der Waals surface area (Å²) in [4.78, 5) is 3.66. The molecule has 2 aromatic heterocycles. The van der Waals surface area contributed by atoms with Crippen molar-refractivity contribution >= 4 is 15.7 Å². The van der Waals surface area contributed by atoms with Gasteiger partial charge in [-0.05, 0) is 42.8 Å². The smallest absolute Gasteiger partial charge is 0.284 e. The van der Waals surface area contributed by atoms with Crippen molar-refractivity contribution in [1.82, 2.24) is 9.29 Å². The zero-order valence-corrected chi connectivity index (χ0v) is 14.8. The van der Waals surface area contributed by atoms with E-state index in [-0.39, 0.29) is 0 Å². The zero-order chi connectivity index (χ0) is 17.4. The number of ether oxygens (including phenoxy) is 1. The quantitative estimate of drug-likeness (QED) is 0.726. The van der Waals surface area contributed by atoms with Crippen molar-refractivity contribution < 1.29 is 17.6 Å². The van der Waals surface area contributed by atoms with Crippen LogP contribution >= 0.6 is 0 Å². The predicted molar refractivity (Wildman–Crippen MR) is 93.7 cm³/mol. The number of hydrogen-bond acceptors (Lipinski definition) is 3. The number of aromatic nitrogens is 2. The summed E-state index contributed by atoms with van der Waals surface area (Å²) in [5.74, 6) is 0. The zero-order valence-electron chi connectivity index (χ0n) is 14.0. The van der Waals surface area contributed by atoms with Crippen LogP contribution in [-0.4, -0.2) is 44.0 Å². The van der Waals surface area contributed by atoms with Gasteiger partial charge in [-0.3, -0.25) is 0 Å². The third kappa shape index (κ3) is 3.06. The van der Waals surface area contributed by atoms with Crippen LogP contribution in [0, 0.1) is 6.92 Å². The van der Waals surface area contributed by atoms with Crippen LogP contribution in [0.4, 0.5) is 0 Å². The second-order valence-electron chi connectivity index (χ2n) is 6.21. The van der Waals surface area contributed by atoms with E-state index in [4.69, 9.17) is 4.74 Å². The lowest BCUT2D eigenvalue weighted by atomic mass is 10.2. The molecule has 130 valence electrons. The van der Waals surface area contributed by atoms with Gasteiger partial charge in [-0.2, -0.15) is 4.31 Å². The first-order chi connectivity index (χ1) is 12.0. The molecule has 0 amide bonds. The summed E-state index contributed by atoms with van der Waals surface area (Å²) in [7, 11) is -3.45. The second kappa shape index (κ2) is 6.25. The maximum atomic E-state index is 12.7. The molecule has 7 heteroatoms. The molecule has 0 saturated carbocycles. The Bertz CT molecular complexity index is 1000. The van der Waals surface area contributed by atoms with E-state index in [0.29, 0.717) is 31.2 Å². The molecule has 3 aromatic rings. The van der Waals surface area contributed by atoms with E-state index in [2.05, 4.69) is 4.98 Å². The molecule has 1 fully saturated rings. The maximum absolute atomic E-state index is 12.7. The monoisotopic (exact) mass is 358 g/mol. The van der Waals surface area contributed by atoms with Crippen molar-refractivity contribution in [2.24, 2.45) is 0 Å². The van der Waals surface area contributed by atoms with E-state index in [1.807, 2.05) is 48.0 Å². The normalized spacial score (nSPS) is 16.4. The summed E-state index contributed by atoms with van der Waals surface area (Å²) in [6.45, 7) is 3.75. The van der Waals surface area contributed by atoms with Crippen LogP contribution in [0.3, 0.4) is 0 Å². The molecule has 0 radical (unpaired) electrons. The summed E-state index contributed by atoms with van der Waals surface area (Å²) in [5, 5.41) is 0.